The van der Waals surface area contributed by atoms with Crippen molar-refractivity contribution in [1.29, 1.82) is 5.26 Å². The number of rotatable bonds is 3. The highest BCUT2D eigenvalue weighted by atomic mass is 32.1. The number of hydrogen-bond donors (Lipinski definition) is 0. The van der Waals surface area contributed by atoms with E-state index in [4.69, 9.17) is 4.74 Å². The lowest BCUT2D eigenvalue weighted by Crippen LogP contribution is -2.26. The molecule has 1 atom stereocenters. The topological polar surface area (TPSA) is 33.0 Å². The summed E-state index contributed by atoms with van der Waals surface area (Å²) in [6.07, 6.45) is 0.553. The normalized spacial score (nSPS) is 19.5. The minimum Gasteiger partial charge on any atom is -0.475 e. The van der Waals surface area contributed by atoms with Crippen LogP contribution in [0.15, 0.2) is 77.7 Å². The summed E-state index contributed by atoms with van der Waals surface area (Å²) in [7, 11) is 0. The third-order valence-electron chi connectivity index (χ3n) is 4.58. The summed E-state index contributed by atoms with van der Waals surface area (Å²) in [6, 6.07) is 24.8. The number of thiophene rings is 1. The van der Waals surface area contributed by atoms with Crippen LogP contribution in [-0.4, -0.2) is 0 Å². The quantitative estimate of drug-likeness (QED) is 0.615. The molecule has 3 aromatic rings. The fourth-order valence-corrected chi connectivity index (χ4v) is 4.17. The Labute approximate surface area is 151 Å². The molecular weight excluding hydrogens is 326 g/mol. The number of benzene rings is 2. The molecule has 0 radical (unpaired) electrons. The van der Waals surface area contributed by atoms with Crippen LogP contribution >= 0.6 is 11.3 Å². The third-order valence-corrected chi connectivity index (χ3v) is 5.60. The average Bonchev–Trinajstić information content (AvgIpc) is 3.32. The SMILES string of the molecule is Cc1ccc(C2=C(C#N)CC(c3ccccc3)(c3cccs3)O2)cc1. The van der Waals surface area contributed by atoms with Crippen LogP contribution in [0.3, 0.4) is 0 Å². The second kappa shape index (κ2) is 6.23. The van der Waals surface area contributed by atoms with E-state index in [1.165, 1.54) is 5.56 Å². The molecule has 0 saturated heterocycles. The van der Waals surface area contributed by atoms with E-state index in [0.29, 0.717) is 17.8 Å². The van der Waals surface area contributed by atoms with Gasteiger partial charge in [0.1, 0.15) is 5.76 Å². The Morgan fingerprint density at radius 3 is 2.40 bits per heavy atom. The molecule has 0 amide bonds. The highest BCUT2D eigenvalue weighted by Gasteiger charge is 2.45. The Morgan fingerprint density at radius 1 is 1.00 bits per heavy atom. The largest absolute Gasteiger partial charge is 0.475 e. The van der Waals surface area contributed by atoms with Crippen LogP contribution in [0.2, 0.25) is 0 Å². The summed E-state index contributed by atoms with van der Waals surface area (Å²) in [5.41, 5.74) is 3.29. The predicted octanol–water partition coefficient (Wildman–Crippen LogP) is 5.66. The minimum atomic E-state index is -0.624. The number of nitrogens with zero attached hydrogens (tertiary/aromatic N) is 1. The lowest BCUT2D eigenvalue weighted by atomic mass is 9.87. The van der Waals surface area contributed by atoms with Gasteiger partial charge in [0.15, 0.2) is 5.60 Å². The molecule has 1 unspecified atom stereocenters. The zero-order valence-corrected chi connectivity index (χ0v) is 14.7. The van der Waals surface area contributed by atoms with Crippen molar-refractivity contribution in [3.8, 4) is 6.07 Å². The first kappa shape index (κ1) is 15.7. The van der Waals surface area contributed by atoms with E-state index >= 15 is 0 Å². The number of ether oxygens (including phenoxy) is 1. The predicted molar refractivity (Wildman–Crippen MR) is 101 cm³/mol. The molecule has 3 heteroatoms. The van der Waals surface area contributed by atoms with Crippen molar-refractivity contribution in [2.45, 2.75) is 18.9 Å². The van der Waals surface area contributed by atoms with E-state index in [9.17, 15) is 5.26 Å². The Bertz CT molecular complexity index is 950. The van der Waals surface area contributed by atoms with Crippen LogP contribution in [0.5, 0.6) is 0 Å². The first-order chi connectivity index (χ1) is 12.2. The van der Waals surface area contributed by atoms with Gasteiger partial charge in [0.25, 0.3) is 0 Å². The molecule has 122 valence electrons. The van der Waals surface area contributed by atoms with Crippen LogP contribution in [0.4, 0.5) is 0 Å². The van der Waals surface area contributed by atoms with Crippen molar-refractivity contribution >= 4 is 17.1 Å². The molecule has 0 aliphatic carbocycles. The molecule has 0 fully saturated rings. The zero-order chi connectivity index (χ0) is 17.3. The van der Waals surface area contributed by atoms with Gasteiger partial charge in [0.05, 0.1) is 16.5 Å². The molecular formula is C22H17NOS. The molecule has 4 rings (SSSR count). The molecule has 25 heavy (non-hydrogen) atoms. The minimum absolute atomic E-state index is 0.553. The van der Waals surface area contributed by atoms with Crippen molar-refractivity contribution in [3.05, 3.63) is 99.3 Å². The lowest BCUT2D eigenvalue weighted by molar-refractivity contribution is 0.104. The molecule has 2 nitrogen and oxygen atoms in total. The smallest absolute Gasteiger partial charge is 0.173 e. The zero-order valence-electron chi connectivity index (χ0n) is 13.9. The van der Waals surface area contributed by atoms with Crippen LogP contribution in [-0.2, 0) is 10.3 Å². The summed E-state index contributed by atoms with van der Waals surface area (Å²) in [6.45, 7) is 2.05. The molecule has 0 saturated carbocycles. The summed E-state index contributed by atoms with van der Waals surface area (Å²) in [5.74, 6) is 0.694. The summed E-state index contributed by atoms with van der Waals surface area (Å²) in [5, 5.41) is 11.8. The van der Waals surface area contributed by atoms with Crippen molar-refractivity contribution in [2.24, 2.45) is 0 Å². The average molecular weight is 343 g/mol. The van der Waals surface area contributed by atoms with Gasteiger partial charge < -0.3 is 4.74 Å². The third kappa shape index (κ3) is 2.65. The summed E-state index contributed by atoms with van der Waals surface area (Å²) >= 11 is 1.66. The van der Waals surface area contributed by atoms with Gasteiger partial charge in [-0.3, -0.25) is 0 Å². The molecule has 0 spiro atoms. The lowest BCUT2D eigenvalue weighted by Gasteiger charge is -2.29. The molecule has 2 heterocycles. The number of hydrogen-bond acceptors (Lipinski definition) is 3. The van der Waals surface area contributed by atoms with E-state index < -0.39 is 5.60 Å². The van der Waals surface area contributed by atoms with E-state index in [0.717, 1.165) is 16.0 Å². The van der Waals surface area contributed by atoms with Crippen molar-refractivity contribution in [1.82, 2.24) is 0 Å². The highest BCUT2D eigenvalue weighted by molar-refractivity contribution is 7.10. The van der Waals surface area contributed by atoms with Gasteiger partial charge in [-0.05, 0) is 18.4 Å². The van der Waals surface area contributed by atoms with Gasteiger partial charge in [-0.25, -0.2) is 0 Å². The van der Waals surface area contributed by atoms with E-state index in [1.54, 1.807) is 11.3 Å². The first-order valence-corrected chi connectivity index (χ1v) is 9.10. The van der Waals surface area contributed by atoms with Crippen LogP contribution < -0.4 is 0 Å². The van der Waals surface area contributed by atoms with Gasteiger partial charge >= 0.3 is 0 Å². The molecule has 0 N–H and O–H groups in total. The maximum absolute atomic E-state index is 9.74. The maximum Gasteiger partial charge on any atom is 0.173 e. The van der Waals surface area contributed by atoms with Crippen molar-refractivity contribution < 1.29 is 4.74 Å². The Kier molecular flexibility index (Phi) is 3.91. The van der Waals surface area contributed by atoms with E-state index in [1.807, 2.05) is 48.5 Å². The fourth-order valence-electron chi connectivity index (χ4n) is 3.29. The van der Waals surface area contributed by atoms with Crippen LogP contribution in [0.25, 0.3) is 5.76 Å². The molecule has 1 aliphatic rings. The molecule has 2 aromatic carbocycles. The van der Waals surface area contributed by atoms with Crippen molar-refractivity contribution in [3.63, 3.8) is 0 Å². The van der Waals surface area contributed by atoms with Gasteiger partial charge in [0, 0.05) is 17.5 Å². The second-order valence-electron chi connectivity index (χ2n) is 6.23. The molecule has 1 aromatic heterocycles. The second-order valence-corrected chi connectivity index (χ2v) is 7.18. The fraction of sp³-hybridized carbons (Fsp3) is 0.136. The van der Waals surface area contributed by atoms with Gasteiger partial charge in [-0.1, -0.05) is 66.2 Å². The first-order valence-electron chi connectivity index (χ1n) is 8.22. The Morgan fingerprint density at radius 2 is 1.76 bits per heavy atom. The molecule has 0 bridgehead atoms. The number of aryl methyl sites for hydroxylation is 1. The van der Waals surface area contributed by atoms with Crippen molar-refractivity contribution in [2.75, 3.05) is 0 Å². The van der Waals surface area contributed by atoms with Gasteiger partial charge in [-0.15, -0.1) is 11.3 Å². The highest BCUT2D eigenvalue weighted by Crippen LogP contribution is 2.50. The van der Waals surface area contributed by atoms with Gasteiger partial charge in [-0.2, -0.15) is 5.26 Å². The van der Waals surface area contributed by atoms with Crippen LogP contribution in [0.1, 0.15) is 28.0 Å². The van der Waals surface area contributed by atoms with E-state index in [2.05, 4.69) is 36.6 Å². The Hall–Kier alpha value is -2.83. The maximum atomic E-state index is 9.74. The Balaban J connectivity index is 1.84. The summed E-state index contributed by atoms with van der Waals surface area (Å²) in [4.78, 5) is 1.12. The van der Waals surface area contributed by atoms with E-state index in [-0.39, 0.29) is 0 Å². The van der Waals surface area contributed by atoms with Gasteiger partial charge in [0.2, 0.25) is 0 Å². The monoisotopic (exact) mass is 343 g/mol. The number of nitriles is 1. The summed E-state index contributed by atoms with van der Waals surface area (Å²) < 4.78 is 6.58. The standard InChI is InChI=1S/C22H17NOS/c1-16-9-11-17(12-10-16)21-18(15-23)14-22(24-21,20-8-5-13-25-20)19-6-3-2-4-7-19/h2-13H,14H2,1H3. The molecule has 1 aliphatic heterocycles. The van der Waals surface area contributed by atoms with Crippen LogP contribution in [0, 0.1) is 18.3 Å².